The van der Waals surface area contributed by atoms with Gasteiger partial charge >= 0.3 is 0 Å². The summed E-state index contributed by atoms with van der Waals surface area (Å²) < 4.78 is 0. The van der Waals surface area contributed by atoms with Crippen LogP contribution in [0.1, 0.15) is 35.0 Å². The normalized spacial score (nSPS) is 14.4. The standard InChI is InChI=1S/C17H17N3O2S/c1-11(19-20-17(22)15-3-2-10-23-15)12-6-8-14(9-7-12)18-16(21)13-4-5-13/h2-3,6-10,13H,4-5H2,1H3,(H,18,21)(H,20,22)/b19-11+. The summed E-state index contributed by atoms with van der Waals surface area (Å²) in [6.07, 6.45) is 1.97. The van der Waals surface area contributed by atoms with E-state index in [0.717, 1.165) is 24.1 Å². The van der Waals surface area contributed by atoms with Gasteiger partial charge in [-0.2, -0.15) is 5.10 Å². The van der Waals surface area contributed by atoms with Crippen molar-refractivity contribution in [2.75, 3.05) is 5.32 Å². The summed E-state index contributed by atoms with van der Waals surface area (Å²) in [7, 11) is 0. The fourth-order valence-electron chi connectivity index (χ4n) is 2.05. The number of hydrazone groups is 1. The predicted octanol–water partition coefficient (Wildman–Crippen LogP) is 3.25. The van der Waals surface area contributed by atoms with Crippen molar-refractivity contribution in [2.45, 2.75) is 19.8 Å². The average Bonchev–Trinajstić information content (AvgIpc) is 3.28. The Morgan fingerprint density at radius 2 is 1.91 bits per heavy atom. The Bertz CT molecular complexity index is 732. The summed E-state index contributed by atoms with van der Waals surface area (Å²) in [5, 5.41) is 8.85. The maximum Gasteiger partial charge on any atom is 0.281 e. The molecule has 0 atom stereocenters. The minimum Gasteiger partial charge on any atom is -0.326 e. The number of amides is 2. The highest BCUT2D eigenvalue weighted by molar-refractivity contribution is 7.12. The van der Waals surface area contributed by atoms with Gasteiger partial charge in [-0.15, -0.1) is 11.3 Å². The lowest BCUT2D eigenvalue weighted by molar-refractivity contribution is -0.117. The Labute approximate surface area is 138 Å². The fourth-order valence-corrected chi connectivity index (χ4v) is 2.66. The van der Waals surface area contributed by atoms with Crippen LogP contribution in [0.15, 0.2) is 46.9 Å². The zero-order valence-corrected chi connectivity index (χ0v) is 13.5. The first-order chi connectivity index (χ1) is 11.1. The first kappa shape index (κ1) is 15.4. The predicted molar refractivity (Wildman–Crippen MR) is 91.8 cm³/mol. The molecule has 0 spiro atoms. The number of benzene rings is 1. The number of nitrogens with zero attached hydrogens (tertiary/aromatic N) is 1. The molecule has 118 valence electrons. The van der Waals surface area contributed by atoms with Gasteiger partial charge in [0.25, 0.3) is 5.91 Å². The van der Waals surface area contributed by atoms with Crippen molar-refractivity contribution in [1.29, 1.82) is 0 Å². The maximum atomic E-state index is 11.8. The number of anilines is 1. The molecular formula is C17H17N3O2S. The third-order valence-corrected chi connectivity index (χ3v) is 4.46. The lowest BCUT2D eigenvalue weighted by Gasteiger charge is -2.06. The molecule has 1 saturated carbocycles. The van der Waals surface area contributed by atoms with E-state index in [9.17, 15) is 9.59 Å². The highest BCUT2D eigenvalue weighted by atomic mass is 32.1. The second-order valence-corrected chi connectivity index (χ2v) is 6.40. The Hall–Kier alpha value is -2.47. The Kier molecular flexibility index (Phi) is 4.52. The molecule has 0 bridgehead atoms. The Morgan fingerprint density at radius 3 is 2.52 bits per heavy atom. The summed E-state index contributed by atoms with van der Waals surface area (Å²) in [6, 6.07) is 11.0. The van der Waals surface area contributed by atoms with Crippen molar-refractivity contribution < 1.29 is 9.59 Å². The van der Waals surface area contributed by atoms with Crippen LogP contribution in [0.3, 0.4) is 0 Å². The summed E-state index contributed by atoms with van der Waals surface area (Å²) in [4.78, 5) is 24.2. The van der Waals surface area contributed by atoms with Gasteiger partial charge in [0.1, 0.15) is 0 Å². The van der Waals surface area contributed by atoms with Crippen molar-refractivity contribution in [3.8, 4) is 0 Å². The van der Waals surface area contributed by atoms with Crippen LogP contribution in [-0.2, 0) is 4.79 Å². The molecule has 23 heavy (non-hydrogen) atoms. The van der Waals surface area contributed by atoms with Crippen LogP contribution in [0.5, 0.6) is 0 Å². The highest BCUT2D eigenvalue weighted by Crippen LogP contribution is 2.30. The summed E-state index contributed by atoms with van der Waals surface area (Å²) >= 11 is 1.37. The molecule has 1 aliphatic carbocycles. The molecule has 1 aromatic carbocycles. The third kappa shape index (κ3) is 4.04. The van der Waals surface area contributed by atoms with Crippen LogP contribution in [0.2, 0.25) is 0 Å². The van der Waals surface area contributed by atoms with Crippen molar-refractivity contribution in [3.05, 3.63) is 52.2 Å². The molecule has 2 aromatic rings. The molecule has 0 unspecified atom stereocenters. The van der Waals surface area contributed by atoms with Crippen LogP contribution in [0.25, 0.3) is 0 Å². The lowest BCUT2D eigenvalue weighted by atomic mass is 10.1. The number of thiophene rings is 1. The first-order valence-corrected chi connectivity index (χ1v) is 8.31. The van der Waals surface area contributed by atoms with Crippen LogP contribution < -0.4 is 10.7 Å². The Morgan fingerprint density at radius 1 is 1.17 bits per heavy atom. The van der Waals surface area contributed by atoms with E-state index in [2.05, 4.69) is 15.8 Å². The van der Waals surface area contributed by atoms with Gasteiger partial charge in [0.2, 0.25) is 5.91 Å². The number of carbonyl (C=O) groups excluding carboxylic acids is 2. The average molecular weight is 327 g/mol. The van der Waals surface area contributed by atoms with Crippen molar-refractivity contribution in [2.24, 2.45) is 11.0 Å². The minimum absolute atomic E-state index is 0.0892. The lowest BCUT2D eigenvalue weighted by Crippen LogP contribution is -2.18. The van der Waals surface area contributed by atoms with Gasteiger partial charge < -0.3 is 5.32 Å². The molecule has 0 saturated heterocycles. The maximum absolute atomic E-state index is 11.8. The molecule has 1 heterocycles. The second kappa shape index (κ2) is 6.75. The monoisotopic (exact) mass is 327 g/mol. The van der Waals surface area contributed by atoms with Crippen molar-refractivity contribution in [3.63, 3.8) is 0 Å². The molecule has 2 amide bonds. The molecule has 1 fully saturated rings. The van der Waals surface area contributed by atoms with Gasteiger partial charge in [0.05, 0.1) is 10.6 Å². The molecule has 6 heteroatoms. The van der Waals surface area contributed by atoms with E-state index in [-0.39, 0.29) is 17.7 Å². The molecule has 0 aliphatic heterocycles. The van der Waals surface area contributed by atoms with E-state index >= 15 is 0 Å². The van der Waals surface area contributed by atoms with Crippen LogP contribution >= 0.6 is 11.3 Å². The van der Waals surface area contributed by atoms with E-state index in [1.807, 2.05) is 42.6 Å². The van der Waals surface area contributed by atoms with Gasteiger partial charge in [0.15, 0.2) is 0 Å². The van der Waals surface area contributed by atoms with Crippen LogP contribution in [0, 0.1) is 5.92 Å². The number of nitrogens with one attached hydrogen (secondary N) is 2. The number of hydrogen-bond donors (Lipinski definition) is 2. The van der Waals surface area contributed by atoms with E-state index < -0.39 is 0 Å². The number of rotatable bonds is 5. The van der Waals surface area contributed by atoms with E-state index in [1.54, 1.807) is 6.07 Å². The number of carbonyl (C=O) groups is 2. The highest BCUT2D eigenvalue weighted by Gasteiger charge is 2.29. The topological polar surface area (TPSA) is 70.6 Å². The number of hydrogen-bond acceptors (Lipinski definition) is 4. The summed E-state index contributed by atoms with van der Waals surface area (Å²) in [6.45, 7) is 1.83. The SMILES string of the molecule is C/C(=N\NC(=O)c1cccs1)c1ccc(NC(=O)C2CC2)cc1. The quantitative estimate of drug-likeness (QED) is 0.654. The minimum atomic E-state index is -0.215. The van der Waals surface area contributed by atoms with Gasteiger partial charge in [0, 0.05) is 11.6 Å². The third-order valence-electron chi connectivity index (χ3n) is 3.59. The van der Waals surface area contributed by atoms with Gasteiger partial charge in [-0.1, -0.05) is 18.2 Å². The molecule has 0 radical (unpaired) electrons. The van der Waals surface area contributed by atoms with E-state index in [4.69, 9.17) is 0 Å². The van der Waals surface area contributed by atoms with Gasteiger partial charge in [-0.3, -0.25) is 9.59 Å². The molecule has 2 N–H and O–H groups in total. The first-order valence-electron chi connectivity index (χ1n) is 7.43. The molecule has 3 rings (SSSR count). The molecule has 1 aliphatic rings. The summed E-state index contributed by atoms with van der Waals surface area (Å²) in [5.41, 5.74) is 4.92. The van der Waals surface area contributed by atoms with E-state index in [0.29, 0.717) is 10.6 Å². The van der Waals surface area contributed by atoms with Gasteiger partial charge in [-0.25, -0.2) is 5.43 Å². The largest absolute Gasteiger partial charge is 0.326 e. The molecule has 1 aromatic heterocycles. The molecule has 5 nitrogen and oxygen atoms in total. The smallest absolute Gasteiger partial charge is 0.281 e. The van der Waals surface area contributed by atoms with Crippen LogP contribution in [0.4, 0.5) is 5.69 Å². The second-order valence-electron chi connectivity index (χ2n) is 5.46. The Balaban J connectivity index is 1.60. The van der Waals surface area contributed by atoms with Crippen molar-refractivity contribution >= 4 is 34.6 Å². The zero-order chi connectivity index (χ0) is 16.2. The van der Waals surface area contributed by atoms with Crippen molar-refractivity contribution in [1.82, 2.24) is 5.43 Å². The fraction of sp³-hybridized carbons (Fsp3) is 0.235. The van der Waals surface area contributed by atoms with E-state index in [1.165, 1.54) is 11.3 Å². The summed E-state index contributed by atoms with van der Waals surface area (Å²) in [5.74, 6) is 0.0597. The van der Waals surface area contributed by atoms with Crippen LogP contribution in [-0.4, -0.2) is 17.5 Å². The van der Waals surface area contributed by atoms with Gasteiger partial charge in [-0.05, 0) is 48.9 Å². The molecular weight excluding hydrogens is 310 g/mol. The zero-order valence-electron chi connectivity index (χ0n) is 12.7.